The maximum atomic E-state index is 13.5. The van der Waals surface area contributed by atoms with Gasteiger partial charge < -0.3 is 10.1 Å². The average molecular weight is 353 g/mol. The number of nitrogens with one attached hydrogen (secondary N) is 1. The van der Waals surface area contributed by atoms with Crippen LogP contribution >= 0.6 is 0 Å². The summed E-state index contributed by atoms with van der Waals surface area (Å²) in [4.78, 5) is 11.5. The number of hydrogen-bond donors (Lipinski definition) is 1. The van der Waals surface area contributed by atoms with Gasteiger partial charge in [-0.15, -0.1) is 0 Å². The maximum absolute atomic E-state index is 13.5. The molecule has 2 rings (SSSR count). The van der Waals surface area contributed by atoms with Crippen molar-refractivity contribution in [2.24, 2.45) is 0 Å². The minimum absolute atomic E-state index is 0.0106. The summed E-state index contributed by atoms with van der Waals surface area (Å²) in [5.74, 6) is -0.782. The third-order valence-electron chi connectivity index (χ3n) is 3.20. The van der Waals surface area contributed by atoms with Crippen LogP contribution in [0.5, 0.6) is 0 Å². The summed E-state index contributed by atoms with van der Waals surface area (Å²) in [6.07, 6.45) is -2.72. The van der Waals surface area contributed by atoms with E-state index >= 15 is 0 Å². The van der Waals surface area contributed by atoms with Crippen molar-refractivity contribution in [2.75, 3.05) is 6.54 Å². The molecule has 0 atom stereocenters. The zero-order valence-electron chi connectivity index (χ0n) is 13.0. The van der Waals surface area contributed by atoms with Gasteiger partial charge in [-0.2, -0.15) is 13.2 Å². The molecule has 0 aliphatic carbocycles. The third kappa shape index (κ3) is 5.95. The first-order valence-corrected chi connectivity index (χ1v) is 7.34. The van der Waals surface area contributed by atoms with Crippen LogP contribution in [0, 0.1) is 5.82 Å². The van der Waals surface area contributed by atoms with E-state index in [9.17, 15) is 22.4 Å². The van der Waals surface area contributed by atoms with Gasteiger partial charge in [0, 0.05) is 12.1 Å². The lowest BCUT2D eigenvalue weighted by atomic mass is 10.1. The summed E-state index contributed by atoms with van der Waals surface area (Å²) >= 11 is 0. The summed E-state index contributed by atoms with van der Waals surface area (Å²) in [5.41, 5.74) is -0.336. The molecule has 0 aromatic heterocycles. The fraction of sp³-hybridized carbons (Fsp3) is 0.167. The van der Waals surface area contributed by atoms with Crippen molar-refractivity contribution in [1.82, 2.24) is 5.32 Å². The van der Waals surface area contributed by atoms with Gasteiger partial charge in [-0.1, -0.05) is 42.5 Å². The third-order valence-corrected chi connectivity index (χ3v) is 3.20. The lowest BCUT2D eigenvalue weighted by molar-refractivity contribution is -0.137. The molecule has 0 fully saturated rings. The van der Waals surface area contributed by atoms with Gasteiger partial charge in [-0.25, -0.2) is 9.18 Å². The highest BCUT2D eigenvalue weighted by molar-refractivity contribution is 5.67. The largest absolute Gasteiger partial charge is 0.445 e. The second kappa shape index (κ2) is 8.32. The highest BCUT2D eigenvalue weighted by atomic mass is 19.4. The number of ether oxygens (including phenoxy) is 1. The van der Waals surface area contributed by atoms with Gasteiger partial charge >= 0.3 is 12.3 Å². The number of amides is 1. The molecule has 2 aromatic rings. The SMILES string of the molecule is O=C(NCC=Cc1cc(C(F)(F)F)ccc1F)OCc1ccccc1. The molecule has 1 amide bonds. The van der Waals surface area contributed by atoms with Crippen LogP contribution in [0.2, 0.25) is 0 Å². The van der Waals surface area contributed by atoms with Gasteiger partial charge in [0.1, 0.15) is 12.4 Å². The van der Waals surface area contributed by atoms with Crippen molar-refractivity contribution in [2.45, 2.75) is 12.8 Å². The summed E-state index contributed by atoms with van der Waals surface area (Å²) in [5, 5.41) is 2.39. The van der Waals surface area contributed by atoms with Crippen molar-refractivity contribution in [1.29, 1.82) is 0 Å². The molecule has 1 N–H and O–H groups in total. The number of alkyl halides is 3. The van der Waals surface area contributed by atoms with E-state index in [-0.39, 0.29) is 18.7 Å². The molecule has 7 heteroatoms. The lowest BCUT2D eigenvalue weighted by Crippen LogP contribution is -2.24. The minimum Gasteiger partial charge on any atom is -0.445 e. The van der Waals surface area contributed by atoms with Gasteiger partial charge in [0.25, 0.3) is 0 Å². The zero-order chi connectivity index (χ0) is 18.3. The number of alkyl carbamates (subject to hydrolysis) is 1. The molecule has 0 heterocycles. The van der Waals surface area contributed by atoms with Crippen LogP contribution in [0.1, 0.15) is 16.7 Å². The Balaban J connectivity index is 1.84. The number of hydrogen-bond acceptors (Lipinski definition) is 2. The first-order valence-electron chi connectivity index (χ1n) is 7.34. The molecule has 0 saturated heterocycles. The van der Waals surface area contributed by atoms with Crippen LogP contribution in [0.3, 0.4) is 0 Å². The van der Waals surface area contributed by atoms with Gasteiger partial charge in [-0.3, -0.25) is 0 Å². The van der Waals surface area contributed by atoms with Crippen molar-refractivity contribution in [3.8, 4) is 0 Å². The predicted octanol–water partition coefficient (Wildman–Crippen LogP) is 4.78. The second-order valence-electron chi connectivity index (χ2n) is 5.08. The Kier molecular flexibility index (Phi) is 6.16. The minimum atomic E-state index is -4.55. The molecule has 0 bridgehead atoms. The summed E-state index contributed by atoms with van der Waals surface area (Å²) in [6, 6.07) is 11.2. The number of carbonyl (C=O) groups is 1. The van der Waals surface area contributed by atoms with Gasteiger partial charge in [0.15, 0.2) is 0 Å². The van der Waals surface area contributed by atoms with Crippen molar-refractivity contribution in [3.63, 3.8) is 0 Å². The lowest BCUT2D eigenvalue weighted by Gasteiger charge is -2.08. The fourth-order valence-electron chi connectivity index (χ4n) is 1.95. The Morgan fingerprint density at radius 1 is 1.12 bits per heavy atom. The first kappa shape index (κ1) is 18.5. The van der Waals surface area contributed by atoms with Crippen LogP contribution in [-0.4, -0.2) is 12.6 Å². The van der Waals surface area contributed by atoms with Crippen LogP contribution in [-0.2, 0) is 17.5 Å². The number of rotatable bonds is 5. The maximum Gasteiger partial charge on any atom is 0.416 e. The number of halogens is 4. The molecule has 25 heavy (non-hydrogen) atoms. The smallest absolute Gasteiger partial charge is 0.416 e. The van der Waals surface area contributed by atoms with Crippen LogP contribution in [0.4, 0.5) is 22.4 Å². The van der Waals surface area contributed by atoms with E-state index in [2.05, 4.69) is 5.32 Å². The Bertz CT molecular complexity index is 742. The summed E-state index contributed by atoms with van der Waals surface area (Å²) < 4.78 is 56.3. The van der Waals surface area contributed by atoms with Gasteiger partial charge in [0.2, 0.25) is 0 Å². The Labute approximate surface area is 141 Å². The monoisotopic (exact) mass is 353 g/mol. The standard InChI is InChI=1S/C18H15F4NO2/c19-16-9-8-15(18(20,21)22)11-14(16)7-4-10-23-17(24)25-12-13-5-2-1-3-6-13/h1-9,11H,10,12H2,(H,23,24). The molecule has 0 spiro atoms. The molecule has 0 saturated carbocycles. The van der Waals surface area contributed by atoms with Gasteiger partial charge in [0.05, 0.1) is 5.56 Å². The predicted molar refractivity (Wildman–Crippen MR) is 85.1 cm³/mol. The van der Waals surface area contributed by atoms with E-state index in [0.717, 1.165) is 11.6 Å². The summed E-state index contributed by atoms with van der Waals surface area (Å²) in [6.45, 7) is 0.0853. The summed E-state index contributed by atoms with van der Waals surface area (Å²) in [7, 11) is 0. The van der Waals surface area contributed by atoms with E-state index in [0.29, 0.717) is 12.1 Å². The molecule has 2 aromatic carbocycles. The van der Waals surface area contributed by atoms with Gasteiger partial charge in [-0.05, 0) is 23.8 Å². The van der Waals surface area contributed by atoms with Crippen molar-refractivity contribution >= 4 is 12.2 Å². The van der Waals surface area contributed by atoms with Crippen molar-refractivity contribution < 1.29 is 27.1 Å². The Morgan fingerprint density at radius 2 is 1.84 bits per heavy atom. The molecule has 0 radical (unpaired) electrons. The average Bonchev–Trinajstić information content (AvgIpc) is 2.58. The molecule has 3 nitrogen and oxygen atoms in total. The van der Waals surface area contributed by atoms with Crippen molar-refractivity contribution in [3.05, 3.63) is 77.1 Å². The first-order chi connectivity index (χ1) is 11.9. The van der Waals surface area contributed by atoms with Crippen LogP contribution in [0.15, 0.2) is 54.6 Å². The van der Waals surface area contributed by atoms with E-state index in [4.69, 9.17) is 4.74 Å². The fourth-order valence-corrected chi connectivity index (χ4v) is 1.95. The molecular formula is C18H15F4NO2. The second-order valence-corrected chi connectivity index (χ2v) is 5.08. The van der Waals surface area contributed by atoms with E-state index in [1.807, 2.05) is 18.2 Å². The van der Waals surface area contributed by atoms with Crippen LogP contribution < -0.4 is 5.32 Å². The Hall–Kier alpha value is -2.83. The number of benzene rings is 2. The number of carbonyl (C=O) groups excluding carboxylic acids is 1. The van der Waals surface area contributed by atoms with E-state index in [1.54, 1.807) is 12.1 Å². The molecular weight excluding hydrogens is 338 g/mol. The quantitative estimate of drug-likeness (QED) is 0.786. The van der Waals surface area contributed by atoms with E-state index in [1.165, 1.54) is 12.2 Å². The normalized spacial score (nSPS) is 11.5. The van der Waals surface area contributed by atoms with Crippen LogP contribution in [0.25, 0.3) is 6.08 Å². The Morgan fingerprint density at radius 3 is 2.52 bits per heavy atom. The van der Waals surface area contributed by atoms with E-state index < -0.39 is 23.7 Å². The molecule has 0 unspecified atom stereocenters. The topological polar surface area (TPSA) is 38.3 Å². The highest BCUT2D eigenvalue weighted by Crippen LogP contribution is 2.30. The molecule has 0 aliphatic heterocycles. The molecule has 132 valence electrons. The highest BCUT2D eigenvalue weighted by Gasteiger charge is 2.30. The zero-order valence-corrected chi connectivity index (χ0v) is 13.0. The molecule has 0 aliphatic rings.